The molecule has 0 bridgehead atoms. The zero-order valence-electron chi connectivity index (χ0n) is 20.4. The van der Waals surface area contributed by atoms with Crippen LogP contribution in [0.4, 0.5) is 11.4 Å². The van der Waals surface area contributed by atoms with Gasteiger partial charge in [0.15, 0.2) is 0 Å². The summed E-state index contributed by atoms with van der Waals surface area (Å²) < 4.78 is 1.27. The molecular formula is C27H28N4O3S. The van der Waals surface area contributed by atoms with Crippen LogP contribution in [0.1, 0.15) is 47.1 Å². The Hall–Kier alpha value is -3.78. The first kappa shape index (κ1) is 24.3. The van der Waals surface area contributed by atoms with Gasteiger partial charge in [-0.1, -0.05) is 51.1 Å². The van der Waals surface area contributed by atoms with Crippen LogP contribution >= 0.6 is 11.3 Å². The van der Waals surface area contributed by atoms with Gasteiger partial charge in [-0.2, -0.15) is 0 Å². The number of amides is 2. The predicted molar refractivity (Wildman–Crippen MR) is 142 cm³/mol. The van der Waals surface area contributed by atoms with Crippen LogP contribution in [0.15, 0.2) is 59.7 Å². The lowest BCUT2D eigenvalue weighted by atomic mass is 9.87. The van der Waals surface area contributed by atoms with E-state index in [0.29, 0.717) is 32.0 Å². The smallest absolute Gasteiger partial charge is 0.266 e. The van der Waals surface area contributed by atoms with Crippen molar-refractivity contribution in [2.75, 3.05) is 10.6 Å². The number of rotatable bonds is 5. The maximum atomic E-state index is 13.2. The highest BCUT2D eigenvalue weighted by Gasteiger charge is 2.21. The summed E-state index contributed by atoms with van der Waals surface area (Å²) in [4.78, 5) is 43.9. The van der Waals surface area contributed by atoms with Gasteiger partial charge in [-0.05, 0) is 54.2 Å². The lowest BCUT2D eigenvalue weighted by Gasteiger charge is -2.19. The first-order valence-electron chi connectivity index (χ1n) is 11.3. The van der Waals surface area contributed by atoms with Gasteiger partial charge in [-0.15, -0.1) is 11.3 Å². The van der Waals surface area contributed by atoms with Gasteiger partial charge in [0, 0.05) is 11.4 Å². The Morgan fingerprint density at radius 1 is 1.00 bits per heavy atom. The first-order chi connectivity index (χ1) is 16.5. The maximum absolute atomic E-state index is 13.2. The van der Waals surface area contributed by atoms with Crippen LogP contribution in [0, 0.1) is 13.8 Å². The number of nitrogens with one attached hydrogen (secondary N) is 2. The number of carbonyl (C=O) groups is 2. The third-order valence-corrected chi connectivity index (χ3v) is 7.06. The Bertz CT molecular complexity index is 1480. The zero-order valence-corrected chi connectivity index (χ0v) is 21.2. The van der Waals surface area contributed by atoms with Crippen molar-refractivity contribution < 1.29 is 9.59 Å². The first-order valence-corrected chi connectivity index (χ1v) is 12.1. The number of hydrogen-bond donors (Lipinski definition) is 2. The van der Waals surface area contributed by atoms with Crippen molar-refractivity contribution >= 4 is 44.7 Å². The number of carbonyl (C=O) groups excluding carboxylic acids is 2. The van der Waals surface area contributed by atoms with E-state index in [2.05, 4.69) is 36.4 Å². The zero-order chi connectivity index (χ0) is 25.3. The molecule has 2 amide bonds. The monoisotopic (exact) mass is 488 g/mol. The second kappa shape index (κ2) is 9.46. The molecule has 0 fully saturated rings. The van der Waals surface area contributed by atoms with E-state index >= 15 is 0 Å². The Morgan fingerprint density at radius 3 is 2.34 bits per heavy atom. The molecule has 2 aromatic heterocycles. The van der Waals surface area contributed by atoms with Crippen LogP contribution in [0.3, 0.4) is 0 Å². The molecule has 180 valence electrons. The molecule has 0 aliphatic rings. The Kier molecular flexibility index (Phi) is 6.58. The van der Waals surface area contributed by atoms with E-state index in [9.17, 15) is 14.4 Å². The molecule has 2 aromatic carbocycles. The summed E-state index contributed by atoms with van der Waals surface area (Å²) >= 11 is 1.17. The predicted octanol–water partition coefficient (Wildman–Crippen LogP) is 5.26. The van der Waals surface area contributed by atoms with Gasteiger partial charge in [-0.25, -0.2) is 4.98 Å². The molecule has 2 heterocycles. The molecule has 0 radical (unpaired) electrons. The van der Waals surface area contributed by atoms with Gasteiger partial charge in [0.2, 0.25) is 5.91 Å². The average Bonchev–Trinajstić information content (AvgIpc) is 3.14. The molecule has 4 aromatic rings. The van der Waals surface area contributed by atoms with E-state index in [1.54, 1.807) is 6.92 Å². The molecule has 0 unspecified atom stereocenters. The van der Waals surface area contributed by atoms with Crippen LogP contribution in [-0.4, -0.2) is 21.4 Å². The third kappa shape index (κ3) is 5.17. The molecule has 0 saturated carbocycles. The van der Waals surface area contributed by atoms with E-state index in [4.69, 9.17) is 0 Å². The number of nitrogens with zero attached hydrogens (tertiary/aromatic N) is 2. The highest BCUT2D eigenvalue weighted by atomic mass is 32.1. The van der Waals surface area contributed by atoms with Crippen molar-refractivity contribution in [3.63, 3.8) is 0 Å². The molecule has 0 spiro atoms. The highest BCUT2D eigenvalue weighted by Crippen LogP contribution is 2.28. The van der Waals surface area contributed by atoms with Crippen molar-refractivity contribution in [3.8, 4) is 0 Å². The normalized spacial score (nSPS) is 11.5. The molecule has 35 heavy (non-hydrogen) atoms. The number of benzene rings is 2. The molecule has 0 atom stereocenters. The number of aryl methyl sites for hydroxylation is 2. The number of aromatic nitrogens is 2. The average molecular weight is 489 g/mol. The summed E-state index contributed by atoms with van der Waals surface area (Å²) in [5.41, 5.74) is 3.71. The summed E-state index contributed by atoms with van der Waals surface area (Å²) in [5, 5.41) is 6.09. The molecule has 8 heteroatoms. The summed E-state index contributed by atoms with van der Waals surface area (Å²) in [7, 11) is 0. The summed E-state index contributed by atoms with van der Waals surface area (Å²) in [6.07, 6.45) is 1.35. The largest absolute Gasteiger partial charge is 0.325 e. The number of thiophene rings is 1. The molecule has 0 aliphatic heterocycles. The van der Waals surface area contributed by atoms with Gasteiger partial charge in [0.1, 0.15) is 11.4 Å². The van der Waals surface area contributed by atoms with Gasteiger partial charge < -0.3 is 10.6 Å². The second-order valence-corrected chi connectivity index (χ2v) is 10.6. The van der Waals surface area contributed by atoms with Gasteiger partial charge >= 0.3 is 0 Å². The van der Waals surface area contributed by atoms with E-state index in [0.717, 1.165) is 11.1 Å². The Morgan fingerprint density at radius 2 is 1.69 bits per heavy atom. The fourth-order valence-corrected chi connectivity index (χ4v) is 4.82. The molecule has 4 rings (SSSR count). The molecule has 2 N–H and O–H groups in total. The van der Waals surface area contributed by atoms with E-state index < -0.39 is 0 Å². The van der Waals surface area contributed by atoms with E-state index in [1.165, 1.54) is 22.2 Å². The van der Waals surface area contributed by atoms with Gasteiger partial charge in [-0.3, -0.25) is 19.0 Å². The minimum atomic E-state index is -0.350. The van der Waals surface area contributed by atoms with Crippen LogP contribution < -0.4 is 16.2 Å². The minimum absolute atomic E-state index is 0.0189. The van der Waals surface area contributed by atoms with Crippen molar-refractivity contribution in [1.82, 2.24) is 9.55 Å². The number of anilines is 2. The fourth-order valence-electron chi connectivity index (χ4n) is 3.79. The molecule has 0 aliphatic carbocycles. The number of fused-ring (bicyclic) bond motifs is 1. The van der Waals surface area contributed by atoms with Crippen molar-refractivity contribution in [2.45, 2.75) is 46.6 Å². The van der Waals surface area contributed by atoms with Crippen molar-refractivity contribution in [1.29, 1.82) is 0 Å². The van der Waals surface area contributed by atoms with Gasteiger partial charge in [0.25, 0.3) is 11.5 Å². The summed E-state index contributed by atoms with van der Waals surface area (Å²) in [6.45, 7) is 9.84. The van der Waals surface area contributed by atoms with Crippen molar-refractivity contribution in [2.24, 2.45) is 0 Å². The SMILES string of the molecule is Cc1ccccc1NC(=O)c1sc2ncn(CC(=O)Nc3ccc(C(C)(C)C)cc3)c(=O)c2c1C. The summed E-state index contributed by atoms with van der Waals surface area (Å²) in [5.74, 6) is -0.621. The Labute approximate surface area is 207 Å². The van der Waals surface area contributed by atoms with Crippen LogP contribution in [-0.2, 0) is 16.8 Å². The van der Waals surface area contributed by atoms with Crippen molar-refractivity contribution in [3.05, 3.63) is 86.8 Å². The second-order valence-electron chi connectivity index (χ2n) is 9.56. The summed E-state index contributed by atoms with van der Waals surface area (Å²) in [6, 6.07) is 15.2. The quantitative estimate of drug-likeness (QED) is 0.401. The maximum Gasteiger partial charge on any atom is 0.266 e. The standard InChI is InChI=1S/C27H28N4O3S/c1-16-8-6-7-9-20(16)30-24(33)23-17(2)22-25(35-23)28-15-31(26(22)34)14-21(32)29-19-12-10-18(11-13-19)27(3,4)5/h6-13,15H,14H2,1-5H3,(H,29,32)(H,30,33). The number of hydrogen-bond acceptors (Lipinski definition) is 5. The third-order valence-electron chi connectivity index (χ3n) is 5.87. The minimum Gasteiger partial charge on any atom is -0.325 e. The van der Waals surface area contributed by atoms with E-state index in [-0.39, 0.29) is 29.3 Å². The molecule has 7 nitrogen and oxygen atoms in total. The molecule has 0 saturated heterocycles. The number of para-hydroxylation sites is 1. The van der Waals surface area contributed by atoms with Gasteiger partial charge in [0.05, 0.1) is 16.6 Å². The van der Waals surface area contributed by atoms with Crippen LogP contribution in [0.2, 0.25) is 0 Å². The van der Waals surface area contributed by atoms with E-state index in [1.807, 2.05) is 55.5 Å². The lowest BCUT2D eigenvalue weighted by molar-refractivity contribution is -0.116. The molecular weight excluding hydrogens is 460 g/mol. The van der Waals surface area contributed by atoms with Crippen LogP contribution in [0.25, 0.3) is 10.2 Å². The Balaban J connectivity index is 1.54. The topological polar surface area (TPSA) is 93.1 Å². The fraction of sp³-hybridized carbons (Fsp3) is 0.259. The van der Waals surface area contributed by atoms with Crippen LogP contribution in [0.5, 0.6) is 0 Å². The highest BCUT2D eigenvalue weighted by molar-refractivity contribution is 7.20. The lowest BCUT2D eigenvalue weighted by Crippen LogP contribution is -2.28.